The van der Waals surface area contributed by atoms with E-state index in [-0.39, 0.29) is 0 Å². The van der Waals surface area contributed by atoms with Crippen molar-refractivity contribution in [2.24, 2.45) is 0 Å². The highest BCUT2D eigenvalue weighted by atomic mass is 16.3. The predicted molar refractivity (Wildman–Crippen MR) is 357 cm³/mol. The van der Waals surface area contributed by atoms with Gasteiger partial charge < -0.3 is 25.7 Å². The van der Waals surface area contributed by atoms with E-state index in [2.05, 4.69) is 55.6 Å². The topological polar surface area (TPSA) is 110 Å². The molecule has 0 aromatic rings. The normalized spacial score (nSPS) is 13.6. The van der Waals surface area contributed by atoms with Crippen LogP contribution in [0.3, 0.4) is 0 Å². The van der Waals surface area contributed by atoms with Crippen molar-refractivity contribution >= 4 is 5.91 Å². The molecule has 0 aliphatic carbocycles. The van der Waals surface area contributed by atoms with Gasteiger partial charge in [-0.25, -0.2) is 0 Å². The molecule has 0 aliphatic rings. The molecule has 1 amide bonds. The first kappa shape index (κ1) is 79.5. The summed E-state index contributed by atoms with van der Waals surface area (Å²) in [5.74, 6) is -0.591. The molecule has 0 rings (SSSR count). The number of amides is 1. The molecule has 6 heteroatoms. The fraction of sp³-hybridized carbons (Fsp3) is 0.907. The number of aliphatic hydroxyl groups is 4. The fourth-order valence-electron chi connectivity index (χ4n) is 11.8. The van der Waals surface area contributed by atoms with Crippen molar-refractivity contribution in [3.05, 3.63) is 36.5 Å². The lowest BCUT2D eigenvalue weighted by Crippen LogP contribution is -2.53. The fourth-order valence-corrected chi connectivity index (χ4v) is 11.8. The summed E-state index contributed by atoms with van der Waals surface area (Å²) in [5.41, 5.74) is 0. The van der Waals surface area contributed by atoms with Gasteiger partial charge in [-0.2, -0.15) is 0 Å². The maximum Gasteiger partial charge on any atom is 0.249 e. The van der Waals surface area contributed by atoms with E-state index in [9.17, 15) is 25.2 Å². The van der Waals surface area contributed by atoms with Crippen LogP contribution in [0.1, 0.15) is 406 Å². The largest absolute Gasteiger partial charge is 0.394 e. The molecular weight excluding hydrogens is 995 g/mol. The Morgan fingerprint density at radius 2 is 0.519 bits per heavy atom. The van der Waals surface area contributed by atoms with Crippen LogP contribution in [0.4, 0.5) is 0 Å². The van der Waals surface area contributed by atoms with Gasteiger partial charge in [-0.1, -0.05) is 365 Å². The number of unbranched alkanes of at least 4 members (excludes halogenated alkanes) is 54. The number of hydrogen-bond acceptors (Lipinski definition) is 5. The summed E-state index contributed by atoms with van der Waals surface area (Å²) < 4.78 is 0. The first-order valence-corrected chi connectivity index (χ1v) is 36.9. The standard InChI is InChI=1S/C75H145NO5/c1-3-5-7-9-11-13-15-17-19-21-23-25-27-29-31-32-33-34-35-36-37-38-39-40-41-43-45-47-49-51-53-55-57-59-61-63-65-67-69-73(79)75(81)76-71(70-77)74(80)72(78)68-66-64-62-60-58-56-54-52-50-48-46-44-42-30-28-26-24-22-20-18-16-14-12-10-8-6-4-2/h36-37,52,54,60,62,71-74,77-80H,3-35,38-51,53,55-59,61,63-70H2,1-2H3,(H,76,81)/b37-36-,54-52+,62-60+. The van der Waals surface area contributed by atoms with Crippen LogP contribution in [0.15, 0.2) is 36.5 Å². The second kappa shape index (κ2) is 69.3. The number of nitrogens with one attached hydrogen (secondary N) is 1. The van der Waals surface area contributed by atoms with Gasteiger partial charge in [0.2, 0.25) is 5.91 Å². The minimum absolute atomic E-state index is 0.362. The Bertz CT molecular complexity index is 1280. The Hall–Kier alpha value is -1.47. The summed E-state index contributed by atoms with van der Waals surface area (Å²) in [6.07, 6.45) is 90.1. The first-order chi connectivity index (χ1) is 40.0. The molecular formula is C75H145NO5. The van der Waals surface area contributed by atoms with Crippen LogP contribution >= 0.6 is 0 Å². The minimum atomic E-state index is -1.29. The van der Waals surface area contributed by atoms with E-state index >= 15 is 0 Å². The van der Waals surface area contributed by atoms with E-state index in [4.69, 9.17) is 0 Å². The zero-order valence-corrected chi connectivity index (χ0v) is 54.8. The second-order valence-electron chi connectivity index (χ2n) is 25.6. The van der Waals surface area contributed by atoms with Gasteiger partial charge in [-0.15, -0.1) is 0 Å². The lowest BCUT2D eigenvalue weighted by molar-refractivity contribution is -0.132. The van der Waals surface area contributed by atoms with Gasteiger partial charge >= 0.3 is 0 Å². The van der Waals surface area contributed by atoms with Gasteiger partial charge in [0.15, 0.2) is 0 Å². The van der Waals surface area contributed by atoms with Crippen LogP contribution in [0, 0.1) is 0 Å². The van der Waals surface area contributed by atoms with Gasteiger partial charge in [0.05, 0.1) is 18.8 Å². The predicted octanol–water partition coefficient (Wildman–Crippen LogP) is 23.1. The highest BCUT2D eigenvalue weighted by Gasteiger charge is 2.28. The molecule has 0 aliphatic heterocycles. The van der Waals surface area contributed by atoms with Gasteiger partial charge in [-0.05, 0) is 77.0 Å². The second-order valence-corrected chi connectivity index (χ2v) is 25.6. The van der Waals surface area contributed by atoms with E-state index in [1.165, 1.54) is 334 Å². The minimum Gasteiger partial charge on any atom is -0.394 e. The highest BCUT2D eigenvalue weighted by molar-refractivity contribution is 5.80. The summed E-state index contributed by atoms with van der Waals surface area (Å²) in [5, 5.41) is 44.2. The van der Waals surface area contributed by atoms with Crippen molar-refractivity contribution in [3.8, 4) is 0 Å². The number of rotatable bonds is 69. The van der Waals surface area contributed by atoms with E-state index in [0.29, 0.717) is 19.3 Å². The Morgan fingerprint density at radius 3 is 0.778 bits per heavy atom. The molecule has 480 valence electrons. The summed E-state index contributed by atoms with van der Waals surface area (Å²) in [6.45, 7) is 4.10. The SMILES string of the molecule is CCCCCCCCCCCCCCCCCCCC/C=C\CCCCCCCCCCCCCCCCCCC(O)C(=O)NC(CO)C(O)C(O)CCC/C=C/CC/C=C/CCCCCCCCCCCCCCCCCCCC. The number of aliphatic hydroxyl groups excluding tert-OH is 4. The van der Waals surface area contributed by atoms with Crippen LogP contribution in [0.5, 0.6) is 0 Å². The summed E-state index contributed by atoms with van der Waals surface area (Å²) in [6, 6.07) is -1.01. The third kappa shape index (κ3) is 62.9. The molecule has 4 unspecified atom stereocenters. The molecule has 0 spiro atoms. The maximum absolute atomic E-state index is 12.7. The lowest BCUT2D eigenvalue weighted by atomic mass is 10.00. The molecule has 0 radical (unpaired) electrons. The molecule has 0 saturated heterocycles. The van der Waals surface area contributed by atoms with Gasteiger partial charge in [0.25, 0.3) is 0 Å². The molecule has 0 aromatic heterocycles. The lowest BCUT2D eigenvalue weighted by Gasteiger charge is -2.27. The summed E-state index contributed by atoms with van der Waals surface area (Å²) >= 11 is 0. The highest BCUT2D eigenvalue weighted by Crippen LogP contribution is 2.19. The monoisotopic (exact) mass is 1140 g/mol. The van der Waals surface area contributed by atoms with Crippen LogP contribution in [0.2, 0.25) is 0 Å². The van der Waals surface area contributed by atoms with Crippen molar-refractivity contribution in [3.63, 3.8) is 0 Å². The third-order valence-corrected chi connectivity index (χ3v) is 17.6. The van der Waals surface area contributed by atoms with Crippen molar-refractivity contribution in [1.82, 2.24) is 5.32 Å². The van der Waals surface area contributed by atoms with E-state index < -0.39 is 36.9 Å². The molecule has 5 N–H and O–H groups in total. The van der Waals surface area contributed by atoms with Gasteiger partial charge in [0.1, 0.15) is 12.2 Å². The zero-order chi connectivity index (χ0) is 58.7. The molecule has 81 heavy (non-hydrogen) atoms. The van der Waals surface area contributed by atoms with Gasteiger partial charge in [-0.3, -0.25) is 4.79 Å². The third-order valence-electron chi connectivity index (χ3n) is 17.6. The molecule has 0 bridgehead atoms. The first-order valence-electron chi connectivity index (χ1n) is 36.9. The molecule has 0 fully saturated rings. The van der Waals surface area contributed by atoms with Gasteiger partial charge in [0, 0.05) is 0 Å². The van der Waals surface area contributed by atoms with Crippen LogP contribution in [-0.2, 0) is 4.79 Å². The average Bonchev–Trinajstić information content (AvgIpc) is 3.47. The Morgan fingerprint density at radius 1 is 0.296 bits per heavy atom. The smallest absolute Gasteiger partial charge is 0.249 e. The van der Waals surface area contributed by atoms with Crippen LogP contribution < -0.4 is 5.32 Å². The number of hydrogen-bond donors (Lipinski definition) is 5. The molecule has 0 heterocycles. The van der Waals surface area contributed by atoms with Crippen molar-refractivity contribution in [1.29, 1.82) is 0 Å². The average molecular weight is 1140 g/mol. The number of allylic oxidation sites excluding steroid dienone is 6. The Labute approximate surface area is 507 Å². The number of carbonyl (C=O) groups excluding carboxylic acids is 1. The van der Waals surface area contributed by atoms with Crippen LogP contribution in [0.25, 0.3) is 0 Å². The van der Waals surface area contributed by atoms with Crippen molar-refractivity contribution in [2.45, 2.75) is 430 Å². The number of carbonyl (C=O) groups is 1. The Kier molecular flexibility index (Phi) is 68.0. The maximum atomic E-state index is 12.7. The van der Waals surface area contributed by atoms with Crippen LogP contribution in [-0.4, -0.2) is 57.3 Å². The molecule has 4 atom stereocenters. The van der Waals surface area contributed by atoms with Crippen molar-refractivity contribution in [2.75, 3.05) is 6.61 Å². The van der Waals surface area contributed by atoms with E-state index in [1.54, 1.807) is 0 Å². The molecule has 0 aromatic carbocycles. The molecule has 0 saturated carbocycles. The summed E-state index contributed by atoms with van der Waals surface area (Å²) in [4.78, 5) is 12.7. The van der Waals surface area contributed by atoms with Crippen molar-refractivity contribution < 1.29 is 25.2 Å². The zero-order valence-electron chi connectivity index (χ0n) is 54.8. The van der Waals surface area contributed by atoms with E-state index in [1.807, 2.05) is 0 Å². The Balaban J connectivity index is 3.55. The quantitative estimate of drug-likeness (QED) is 0.0308. The summed E-state index contributed by atoms with van der Waals surface area (Å²) in [7, 11) is 0. The molecule has 6 nitrogen and oxygen atoms in total. The van der Waals surface area contributed by atoms with E-state index in [0.717, 1.165) is 38.5 Å².